The Balaban J connectivity index is 3.10. The van der Waals surface area contributed by atoms with Crippen LogP contribution in [-0.2, 0) is 33.8 Å². The van der Waals surface area contributed by atoms with E-state index in [1.165, 1.54) is 19.1 Å². The van der Waals surface area contributed by atoms with Crippen LogP contribution in [0.15, 0.2) is 29.3 Å². The van der Waals surface area contributed by atoms with Gasteiger partial charge in [0, 0.05) is 24.6 Å². The number of hydrogen-bond acceptors (Lipinski definition) is 9. The maximum absolute atomic E-state index is 12.8. The van der Waals surface area contributed by atoms with Gasteiger partial charge in [0.25, 0.3) is 5.91 Å². The van der Waals surface area contributed by atoms with Gasteiger partial charge in [0.15, 0.2) is 5.84 Å². The van der Waals surface area contributed by atoms with E-state index in [9.17, 15) is 19.2 Å². The van der Waals surface area contributed by atoms with Crippen molar-refractivity contribution in [1.82, 2.24) is 15.9 Å². The van der Waals surface area contributed by atoms with E-state index >= 15 is 0 Å². The highest BCUT2D eigenvalue weighted by molar-refractivity contribution is 6.04. The molecule has 236 valence electrons. The van der Waals surface area contributed by atoms with Crippen molar-refractivity contribution in [3.8, 4) is 0 Å². The summed E-state index contributed by atoms with van der Waals surface area (Å²) in [6.45, 7) is 19.2. The molecule has 1 atom stereocenters. The summed E-state index contributed by atoms with van der Waals surface area (Å²) in [7, 11) is 0. The van der Waals surface area contributed by atoms with Crippen molar-refractivity contribution in [2.75, 3.05) is 13.2 Å². The van der Waals surface area contributed by atoms with Crippen LogP contribution < -0.4 is 10.6 Å². The number of carbonyl (C=O) groups excluding carboxylic acids is 4. The molecule has 42 heavy (non-hydrogen) atoms. The highest BCUT2D eigenvalue weighted by atomic mass is 17.2. The normalized spacial score (nSPS) is 13.2. The van der Waals surface area contributed by atoms with E-state index in [2.05, 4.69) is 25.4 Å². The van der Waals surface area contributed by atoms with Crippen LogP contribution in [-0.4, -0.2) is 70.9 Å². The van der Waals surface area contributed by atoms with Gasteiger partial charge in [0.05, 0.1) is 17.8 Å². The molecule has 1 rings (SSSR count). The molecule has 1 aromatic carbocycles. The van der Waals surface area contributed by atoms with Gasteiger partial charge >= 0.3 is 12.1 Å². The fraction of sp³-hybridized carbons (Fsp3) is 0.621. The van der Waals surface area contributed by atoms with Crippen molar-refractivity contribution in [1.29, 1.82) is 0 Å². The summed E-state index contributed by atoms with van der Waals surface area (Å²) in [5, 5.41) is 6.39. The predicted molar refractivity (Wildman–Crippen MR) is 155 cm³/mol. The largest absolute Gasteiger partial charge is 0.442 e. The van der Waals surface area contributed by atoms with Gasteiger partial charge in [-0.3, -0.25) is 14.5 Å². The van der Waals surface area contributed by atoms with Gasteiger partial charge in [-0.15, -0.1) is 5.23 Å². The van der Waals surface area contributed by atoms with Gasteiger partial charge in [-0.25, -0.2) is 19.3 Å². The van der Waals surface area contributed by atoms with Crippen molar-refractivity contribution < 1.29 is 43.4 Å². The average Bonchev–Trinajstić information content (AvgIpc) is 2.81. The molecule has 0 heterocycles. The summed E-state index contributed by atoms with van der Waals surface area (Å²) in [6, 6.07) is 5.39. The van der Waals surface area contributed by atoms with Gasteiger partial charge in [-0.1, -0.05) is 12.1 Å². The Morgan fingerprint density at radius 1 is 0.857 bits per heavy atom. The molecule has 0 unspecified atom stereocenters. The van der Waals surface area contributed by atoms with E-state index in [4.69, 9.17) is 14.4 Å². The van der Waals surface area contributed by atoms with Gasteiger partial charge in [0.1, 0.15) is 11.6 Å². The summed E-state index contributed by atoms with van der Waals surface area (Å²) in [4.78, 5) is 73.8. The number of hydrogen-bond donors (Lipinski definition) is 2. The number of ether oxygens (including phenoxy) is 1. The zero-order valence-corrected chi connectivity index (χ0v) is 26.6. The van der Waals surface area contributed by atoms with Gasteiger partial charge in [-0.2, -0.15) is 9.88 Å². The molecule has 0 aliphatic heterocycles. The SMILES string of the molecule is CC(=O)OOCCCNC(=O)[C@H](C)NC(=O)c1ccc(C(=NC(=O)OC(C)(C)C)N(OC(C)(C)C)OC(C)(C)C)cc1. The first-order valence-electron chi connectivity index (χ1n) is 13.7. The van der Waals surface area contributed by atoms with Gasteiger partial charge < -0.3 is 15.4 Å². The number of amidine groups is 1. The van der Waals surface area contributed by atoms with E-state index in [0.29, 0.717) is 12.0 Å². The van der Waals surface area contributed by atoms with Crippen LogP contribution in [0.1, 0.15) is 98.5 Å². The molecule has 1 aromatic rings. The molecule has 0 bridgehead atoms. The summed E-state index contributed by atoms with van der Waals surface area (Å²) in [5.41, 5.74) is -1.54. The minimum atomic E-state index is -0.850. The Bertz CT molecular complexity index is 1080. The third-order valence-corrected chi connectivity index (χ3v) is 4.50. The topological polar surface area (TPSA) is 154 Å². The first kappa shape index (κ1) is 36.5. The van der Waals surface area contributed by atoms with Gasteiger partial charge in [-0.05, 0) is 87.8 Å². The number of nitrogens with one attached hydrogen (secondary N) is 2. The van der Waals surface area contributed by atoms with Crippen LogP contribution in [0.4, 0.5) is 4.79 Å². The number of nitrogens with zero attached hydrogens (tertiary/aromatic N) is 2. The lowest BCUT2D eigenvalue weighted by Gasteiger charge is -2.35. The second kappa shape index (κ2) is 15.6. The number of rotatable bonds is 11. The van der Waals surface area contributed by atoms with E-state index in [0.717, 1.165) is 5.23 Å². The average molecular weight is 595 g/mol. The molecule has 3 amide bonds. The highest BCUT2D eigenvalue weighted by Gasteiger charge is 2.29. The zero-order valence-electron chi connectivity index (χ0n) is 26.6. The number of amides is 3. The van der Waals surface area contributed by atoms with Crippen molar-refractivity contribution in [3.63, 3.8) is 0 Å². The smallest absolute Gasteiger partial charge is 0.436 e. The summed E-state index contributed by atoms with van der Waals surface area (Å²) in [6.07, 6.45) is -0.444. The van der Waals surface area contributed by atoms with Crippen molar-refractivity contribution in [2.24, 2.45) is 4.99 Å². The molecule has 0 aliphatic rings. The molecule has 0 saturated heterocycles. The summed E-state index contributed by atoms with van der Waals surface area (Å²) >= 11 is 0. The lowest BCUT2D eigenvalue weighted by Crippen LogP contribution is -2.45. The lowest BCUT2D eigenvalue weighted by atomic mass is 10.1. The van der Waals surface area contributed by atoms with Crippen molar-refractivity contribution in [3.05, 3.63) is 35.4 Å². The number of carbonyl (C=O) groups is 4. The third-order valence-electron chi connectivity index (χ3n) is 4.50. The van der Waals surface area contributed by atoms with Crippen molar-refractivity contribution in [2.45, 2.75) is 105 Å². The first-order valence-corrected chi connectivity index (χ1v) is 13.7. The Morgan fingerprint density at radius 3 is 1.86 bits per heavy atom. The molecule has 0 radical (unpaired) electrons. The lowest BCUT2D eigenvalue weighted by molar-refractivity contribution is -0.384. The molecule has 0 saturated carbocycles. The van der Waals surface area contributed by atoms with E-state index in [1.807, 2.05) is 41.5 Å². The first-order chi connectivity index (χ1) is 19.2. The maximum Gasteiger partial charge on any atom is 0.436 e. The van der Waals surface area contributed by atoms with Crippen LogP contribution in [0, 0.1) is 0 Å². The Labute approximate surface area is 248 Å². The quantitative estimate of drug-likeness (QED) is 0.125. The van der Waals surface area contributed by atoms with E-state index < -0.39 is 46.7 Å². The number of hydroxylamine groups is 2. The minimum absolute atomic E-state index is 0.0199. The molecule has 13 nitrogen and oxygen atoms in total. The zero-order chi connectivity index (χ0) is 32.3. The third kappa shape index (κ3) is 15.5. The van der Waals surface area contributed by atoms with E-state index in [1.54, 1.807) is 39.8 Å². The Hall–Kier alpha value is -3.55. The fourth-order valence-corrected chi connectivity index (χ4v) is 2.92. The monoisotopic (exact) mass is 594 g/mol. The number of benzene rings is 1. The van der Waals surface area contributed by atoms with Crippen molar-refractivity contribution >= 4 is 29.7 Å². The molecule has 0 spiro atoms. The predicted octanol–water partition coefficient (Wildman–Crippen LogP) is 4.25. The molecule has 0 fully saturated rings. The maximum atomic E-state index is 12.8. The van der Waals surface area contributed by atoms with Crippen LogP contribution in [0.5, 0.6) is 0 Å². The molecular formula is C29H46N4O9. The summed E-state index contributed by atoms with van der Waals surface area (Å²) in [5.74, 6) is -1.43. The van der Waals surface area contributed by atoms with Gasteiger partial charge in [0.2, 0.25) is 5.91 Å². The van der Waals surface area contributed by atoms with E-state index in [-0.39, 0.29) is 24.6 Å². The molecular weight excluding hydrogens is 548 g/mol. The second-order valence-corrected chi connectivity index (χ2v) is 12.4. The Kier molecular flexibility index (Phi) is 13.6. The minimum Gasteiger partial charge on any atom is -0.442 e. The number of aliphatic imine (C=N–C) groups is 1. The molecule has 2 N–H and O–H groups in total. The standard InChI is InChI=1S/C29H46N4O9/c1-19(24(35)30-17-12-18-38-40-20(2)34)31-25(36)22-15-13-21(14-16-22)23(32-26(37)39-27(3,4)5)33(41-28(6,7)8)42-29(9,10)11/h13-16,19H,12,17-18H2,1-11H3,(H,30,35)(H,31,36)/t19-/m0/s1. The van der Waals surface area contributed by atoms with Crippen LogP contribution >= 0.6 is 0 Å². The van der Waals surface area contributed by atoms with Crippen LogP contribution in [0.3, 0.4) is 0 Å². The summed E-state index contributed by atoms with van der Waals surface area (Å²) < 4.78 is 5.39. The fourth-order valence-electron chi connectivity index (χ4n) is 2.92. The molecule has 13 heteroatoms. The molecule has 0 aromatic heterocycles. The Morgan fingerprint density at radius 2 is 1.38 bits per heavy atom. The molecule has 0 aliphatic carbocycles. The highest BCUT2D eigenvalue weighted by Crippen LogP contribution is 2.21. The second-order valence-electron chi connectivity index (χ2n) is 12.4. The van der Waals surface area contributed by atoms with Crippen LogP contribution in [0.25, 0.3) is 0 Å². The van der Waals surface area contributed by atoms with Crippen LogP contribution in [0.2, 0.25) is 0 Å².